The second-order valence-electron chi connectivity index (χ2n) is 7.02. The number of aromatic nitrogens is 1. The Morgan fingerprint density at radius 2 is 2.09 bits per heavy atom. The van der Waals surface area contributed by atoms with Crippen molar-refractivity contribution in [1.82, 2.24) is 9.88 Å². The Morgan fingerprint density at radius 1 is 1.41 bits per heavy atom. The number of ether oxygens (including phenoxy) is 2. The van der Waals surface area contributed by atoms with E-state index in [1.165, 1.54) is 0 Å². The predicted molar refractivity (Wildman–Crippen MR) is 83.4 cm³/mol. The molecule has 5 nitrogen and oxygen atoms in total. The van der Waals surface area contributed by atoms with Crippen molar-refractivity contribution in [3.05, 3.63) is 23.0 Å². The van der Waals surface area contributed by atoms with Gasteiger partial charge in [0.15, 0.2) is 10.9 Å². The quantitative estimate of drug-likeness (QED) is 0.686. The van der Waals surface area contributed by atoms with E-state index < -0.39 is 5.60 Å². The van der Waals surface area contributed by atoms with Gasteiger partial charge in [-0.05, 0) is 26.8 Å². The monoisotopic (exact) mass is 324 g/mol. The average Bonchev–Trinajstić information content (AvgIpc) is 2.77. The first-order valence-electron chi connectivity index (χ1n) is 7.58. The van der Waals surface area contributed by atoms with E-state index in [9.17, 15) is 4.79 Å². The maximum atomic E-state index is 12.1. The standard InChI is InChI=1S/C16H21ClN2O3/c1-15(2,3)22-14(20)19-8-5-16(6-9-19)10-11-4-7-18-13(17)12(11)21-16/h4,7H,5-6,8-10H2,1-3H3. The molecule has 1 aromatic heterocycles. The molecule has 120 valence electrons. The molecule has 1 saturated heterocycles. The van der Waals surface area contributed by atoms with Gasteiger partial charge in [-0.2, -0.15) is 0 Å². The average molecular weight is 325 g/mol. The van der Waals surface area contributed by atoms with Gasteiger partial charge in [-0.1, -0.05) is 11.6 Å². The molecule has 0 atom stereocenters. The van der Waals surface area contributed by atoms with Gasteiger partial charge >= 0.3 is 6.09 Å². The van der Waals surface area contributed by atoms with Crippen molar-refractivity contribution < 1.29 is 14.3 Å². The minimum atomic E-state index is -0.467. The van der Waals surface area contributed by atoms with E-state index in [4.69, 9.17) is 21.1 Å². The molecule has 2 aliphatic heterocycles. The number of hydrogen-bond donors (Lipinski definition) is 0. The van der Waals surface area contributed by atoms with Crippen molar-refractivity contribution >= 4 is 17.7 Å². The second-order valence-corrected chi connectivity index (χ2v) is 7.38. The lowest BCUT2D eigenvalue weighted by molar-refractivity contribution is -0.00892. The van der Waals surface area contributed by atoms with Crippen LogP contribution in [0.25, 0.3) is 0 Å². The number of rotatable bonds is 0. The molecule has 2 aliphatic rings. The van der Waals surface area contributed by atoms with E-state index in [1.54, 1.807) is 11.1 Å². The van der Waals surface area contributed by atoms with Crippen LogP contribution in [0.4, 0.5) is 4.79 Å². The fraction of sp³-hybridized carbons (Fsp3) is 0.625. The van der Waals surface area contributed by atoms with Crippen molar-refractivity contribution in [2.24, 2.45) is 0 Å². The normalized spacial score (nSPS) is 19.7. The topological polar surface area (TPSA) is 51.7 Å². The Morgan fingerprint density at radius 3 is 2.68 bits per heavy atom. The summed E-state index contributed by atoms with van der Waals surface area (Å²) >= 11 is 6.10. The molecule has 3 heterocycles. The Balaban J connectivity index is 1.64. The van der Waals surface area contributed by atoms with Crippen LogP contribution in [-0.4, -0.2) is 40.3 Å². The van der Waals surface area contributed by atoms with Crippen LogP contribution in [0.1, 0.15) is 39.2 Å². The van der Waals surface area contributed by atoms with Gasteiger partial charge in [0, 0.05) is 44.1 Å². The summed E-state index contributed by atoms with van der Waals surface area (Å²) in [5, 5.41) is 0.420. The smallest absolute Gasteiger partial charge is 0.410 e. The Bertz CT molecular complexity index is 590. The van der Waals surface area contributed by atoms with Crippen molar-refractivity contribution in [2.75, 3.05) is 13.1 Å². The molecule has 1 amide bonds. The van der Waals surface area contributed by atoms with E-state index in [2.05, 4.69) is 4.98 Å². The molecule has 22 heavy (non-hydrogen) atoms. The number of piperidine rings is 1. The van der Waals surface area contributed by atoms with Crippen LogP contribution in [-0.2, 0) is 11.2 Å². The van der Waals surface area contributed by atoms with Gasteiger partial charge in [0.2, 0.25) is 0 Å². The predicted octanol–water partition coefficient (Wildman–Crippen LogP) is 3.44. The number of fused-ring (bicyclic) bond motifs is 1. The van der Waals surface area contributed by atoms with Crippen LogP contribution in [0.3, 0.4) is 0 Å². The molecular formula is C16H21ClN2O3. The number of hydrogen-bond acceptors (Lipinski definition) is 4. The third-order valence-electron chi connectivity index (χ3n) is 4.10. The third-order valence-corrected chi connectivity index (χ3v) is 4.37. The number of carbonyl (C=O) groups is 1. The highest BCUT2D eigenvalue weighted by atomic mass is 35.5. The number of halogens is 1. The SMILES string of the molecule is CC(C)(C)OC(=O)N1CCC2(CC1)Cc1ccnc(Cl)c1O2. The summed E-state index contributed by atoms with van der Waals surface area (Å²) in [6.07, 6.45) is 3.83. The highest BCUT2D eigenvalue weighted by Gasteiger charge is 2.44. The van der Waals surface area contributed by atoms with Gasteiger partial charge < -0.3 is 14.4 Å². The summed E-state index contributed by atoms with van der Waals surface area (Å²) in [6.45, 7) is 6.90. The largest absolute Gasteiger partial charge is 0.483 e. The van der Waals surface area contributed by atoms with Crippen LogP contribution >= 0.6 is 11.6 Å². The number of amides is 1. The molecule has 6 heteroatoms. The molecule has 1 fully saturated rings. The summed E-state index contributed by atoms with van der Waals surface area (Å²) in [7, 11) is 0. The molecule has 0 aliphatic carbocycles. The van der Waals surface area contributed by atoms with Gasteiger partial charge in [0.25, 0.3) is 0 Å². The van der Waals surface area contributed by atoms with Gasteiger partial charge in [0.1, 0.15) is 11.2 Å². The molecule has 0 saturated carbocycles. The van der Waals surface area contributed by atoms with Crippen molar-refractivity contribution in [3.8, 4) is 5.75 Å². The molecule has 0 N–H and O–H groups in total. The van der Waals surface area contributed by atoms with E-state index in [0.717, 1.165) is 24.8 Å². The Kier molecular flexibility index (Phi) is 3.71. The minimum Gasteiger partial charge on any atom is -0.483 e. The fourth-order valence-electron chi connectivity index (χ4n) is 3.01. The maximum Gasteiger partial charge on any atom is 0.410 e. The number of carbonyl (C=O) groups excluding carboxylic acids is 1. The van der Waals surface area contributed by atoms with Crippen LogP contribution in [0, 0.1) is 0 Å². The number of pyridine rings is 1. The molecule has 0 aromatic carbocycles. The minimum absolute atomic E-state index is 0.252. The summed E-state index contributed by atoms with van der Waals surface area (Å²) in [5.41, 5.74) is 0.379. The summed E-state index contributed by atoms with van der Waals surface area (Å²) in [6, 6.07) is 1.95. The zero-order chi connectivity index (χ0) is 16.0. The molecule has 1 spiro atoms. The molecule has 0 bridgehead atoms. The molecule has 1 aromatic rings. The van der Waals surface area contributed by atoms with Gasteiger partial charge in [0.05, 0.1) is 0 Å². The number of likely N-dealkylation sites (tertiary alicyclic amines) is 1. The van der Waals surface area contributed by atoms with Crippen LogP contribution in [0.15, 0.2) is 12.3 Å². The van der Waals surface area contributed by atoms with Crippen LogP contribution in [0.5, 0.6) is 5.75 Å². The van der Waals surface area contributed by atoms with E-state index in [0.29, 0.717) is 24.0 Å². The Labute approximate surface area is 135 Å². The second kappa shape index (κ2) is 5.30. The zero-order valence-corrected chi connectivity index (χ0v) is 13.9. The van der Waals surface area contributed by atoms with Crippen molar-refractivity contribution in [3.63, 3.8) is 0 Å². The fourth-order valence-corrected chi connectivity index (χ4v) is 3.22. The van der Waals surface area contributed by atoms with E-state index in [1.807, 2.05) is 26.8 Å². The first-order valence-corrected chi connectivity index (χ1v) is 7.96. The highest BCUT2D eigenvalue weighted by molar-refractivity contribution is 6.31. The van der Waals surface area contributed by atoms with Gasteiger partial charge in [-0.25, -0.2) is 9.78 Å². The van der Waals surface area contributed by atoms with Gasteiger partial charge in [-0.15, -0.1) is 0 Å². The van der Waals surface area contributed by atoms with Gasteiger partial charge in [-0.3, -0.25) is 0 Å². The van der Waals surface area contributed by atoms with E-state index in [-0.39, 0.29) is 11.7 Å². The summed E-state index contributed by atoms with van der Waals surface area (Å²) < 4.78 is 11.5. The van der Waals surface area contributed by atoms with Crippen LogP contribution < -0.4 is 4.74 Å². The number of nitrogens with zero attached hydrogens (tertiary/aromatic N) is 2. The lowest BCUT2D eigenvalue weighted by Gasteiger charge is -2.39. The third kappa shape index (κ3) is 3.00. The molecule has 0 unspecified atom stereocenters. The van der Waals surface area contributed by atoms with Crippen molar-refractivity contribution in [1.29, 1.82) is 0 Å². The highest BCUT2D eigenvalue weighted by Crippen LogP contribution is 2.43. The summed E-state index contributed by atoms with van der Waals surface area (Å²) in [4.78, 5) is 17.9. The Hall–Kier alpha value is -1.49. The molecular weight excluding hydrogens is 304 g/mol. The lowest BCUT2D eigenvalue weighted by Crippen LogP contribution is -2.50. The van der Waals surface area contributed by atoms with Crippen molar-refractivity contribution in [2.45, 2.75) is 51.2 Å². The maximum absolute atomic E-state index is 12.1. The lowest BCUT2D eigenvalue weighted by atomic mass is 9.87. The summed E-state index contributed by atoms with van der Waals surface area (Å²) in [5.74, 6) is 0.704. The first kappa shape index (κ1) is 15.4. The van der Waals surface area contributed by atoms with E-state index >= 15 is 0 Å². The first-order chi connectivity index (χ1) is 10.3. The zero-order valence-electron chi connectivity index (χ0n) is 13.2. The molecule has 3 rings (SSSR count). The molecule has 0 radical (unpaired) electrons. The van der Waals surface area contributed by atoms with Crippen LogP contribution in [0.2, 0.25) is 5.15 Å².